The van der Waals surface area contributed by atoms with Gasteiger partial charge in [-0.25, -0.2) is 0 Å². The Morgan fingerprint density at radius 1 is 1.11 bits per heavy atom. The summed E-state index contributed by atoms with van der Waals surface area (Å²) in [6, 6.07) is 10.7. The molecule has 0 aliphatic rings. The molecule has 0 heterocycles. The molecule has 2 rings (SSSR count). The highest BCUT2D eigenvalue weighted by Gasteiger charge is 2.19. The van der Waals surface area contributed by atoms with Crippen molar-refractivity contribution in [1.82, 2.24) is 0 Å². The minimum absolute atomic E-state index is 0.154. The third-order valence-electron chi connectivity index (χ3n) is 3.82. The molecular weight excluding hydrogens is 368 g/mol. The maximum absolute atomic E-state index is 12.7. The first-order valence-corrected chi connectivity index (χ1v) is 9.16. The number of carboxylic acids is 1. The second-order valence-electron chi connectivity index (χ2n) is 6.24. The number of rotatable bonds is 7. The van der Waals surface area contributed by atoms with Crippen LogP contribution in [0.2, 0.25) is 0 Å². The minimum Gasteiger partial charge on any atom is -0.481 e. The summed E-state index contributed by atoms with van der Waals surface area (Å²) >= 11 is 1.45. The first kappa shape index (κ1) is 20.4. The van der Waals surface area contributed by atoms with Crippen molar-refractivity contribution in [3.8, 4) is 0 Å². The molecule has 0 radical (unpaired) electrons. The normalized spacial score (nSPS) is 11.9. The van der Waals surface area contributed by atoms with Crippen LogP contribution in [0.4, 0.5) is 11.4 Å². The number of nitro groups is 1. The van der Waals surface area contributed by atoms with Gasteiger partial charge in [-0.15, -0.1) is 11.8 Å². The first-order chi connectivity index (χ1) is 12.7. The average Bonchev–Trinajstić information content (AvgIpc) is 2.61. The molecule has 2 aromatic rings. The van der Waals surface area contributed by atoms with Gasteiger partial charge in [0.1, 0.15) is 0 Å². The second kappa shape index (κ2) is 8.68. The van der Waals surface area contributed by atoms with E-state index >= 15 is 0 Å². The highest BCUT2D eigenvalue weighted by molar-refractivity contribution is 8.00. The number of hydrogen-bond donors (Lipinski definition) is 2. The molecule has 7 nitrogen and oxygen atoms in total. The number of carbonyl (C=O) groups excluding carboxylic acids is 1. The molecule has 0 spiro atoms. The van der Waals surface area contributed by atoms with Crippen LogP contribution >= 0.6 is 11.8 Å². The van der Waals surface area contributed by atoms with Gasteiger partial charge in [-0.3, -0.25) is 19.7 Å². The second-order valence-corrected chi connectivity index (χ2v) is 7.86. The Bertz CT molecular complexity index is 865. The largest absolute Gasteiger partial charge is 0.481 e. The predicted molar refractivity (Wildman–Crippen MR) is 105 cm³/mol. The number of nitro benzene ring substituents is 1. The van der Waals surface area contributed by atoms with Crippen LogP contribution in [-0.4, -0.2) is 27.2 Å². The minimum atomic E-state index is -0.932. The van der Waals surface area contributed by atoms with Crippen molar-refractivity contribution in [2.24, 2.45) is 0 Å². The van der Waals surface area contributed by atoms with Gasteiger partial charge in [0.05, 0.1) is 16.4 Å². The Morgan fingerprint density at radius 3 is 2.26 bits per heavy atom. The zero-order valence-electron chi connectivity index (χ0n) is 15.1. The lowest BCUT2D eigenvalue weighted by atomic mass is 10.0. The van der Waals surface area contributed by atoms with Crippen molar-refractivity contribution < 1.29 is 19.6 Å². The van der Waals surface area contributed by atoms with Crippen molar-refractivity contribution >= 4 is 35.0 Å². The summed E-state index contributed by atoms with van der Waals surface area (Å²) in [4.78, 5) is 34.9. The standard InChI is InChI=1S/C19H20N2O5S/c1-11(2)27-17-9-8-15(21(25)26)10-16(17)18(22)20-14-6-4-13(5-7-14)12(3)19(23)24/h4-12H,1-3H3,(H,20,22)(H,23,24). The van der Waals surface area contributed by atoms with Crippen molar-refractivity contribution in [3.05, 3.63) is 63.7 Å². The zero-order valence-corrected chi connectivity index (χ0v) is 15.9. The SMILES string of the molecule is CC(C)Sc1ccc([N+](=O)[O-])cc1C(=O)Nc1ccc(C(C)C(=O)O)cc1. The van der Waals surface area contributed by atoms with Crippen molar-refractivity contribution in [1.29, 1.82) is 0 Å². The van der Waals surface area contributed by atoms with Crippen LogP contribution in [0.15, 0.2) is 47.4 Å². The van der Waals surface area contributed by atoms with Crippen LogP contribution < -0.4 is 5.32 Å². The molecule has 142 valence electrons. The molecule has 0 aromatic heterocycles. The van der Waals surface area contributed by atoms with E-state index in [4.69, 9.17) is 5.11 Å². The molecule has 8 heteroatoms. The van der Waals surface area contributed by atoms with Crippen LogP contribution in [-0.2, 0) is 4.79 Å². The van der Waals surface area contributed by atoms with E-state index in [-0.39, 0.29) is 16.5 Å². The summed E-state index contributed by atoms with van der Waals surface area (Å²) in [6.07, 6.45) is 0. The highest BCUT2D eigenvalue weighted by atomic mass is 32.2. The Hall–Kier alpha value is -2.87. The maximum Gasteiger partial charge on any atom is 0.310 e. The summed E-state index contributed by atoms with van der Waals surface area (Å²) in [5.41, 5.74) is 1.17. The molecule has 1 atom stereocenters. The van der Waals surface area contributed by atoms with E-state index in [0.29, 0.717) is 16.1 Å². The highest BCUT2D eigenvalue weighted by Crippen LogP contribution is 2.30. The number of benzene rings is 2. The van der Waals surface area contributed by atoms with E-state index < -0.39 is 22.7 Å². The van der Waals surface area contributed by atoms with Gasteiger partial charge >= 0.3 is 5.97 Å². The van der Waals surface area contributed by atoms with Crippen molar-refractivity contribution in [2.75, 3.05) is 5.32 Å². The number of carboxylic acid groups (broad SMARTS) is 1. The van der Waals surface area contributed by atoms with Gasteiger partial charge in [-0.05, 0) is 30.7 Å². The van der Waals surface area contributed by atoms with Gasteiger partial charge in [0.2, 0.25) is 0 Å². The fourth-order valence-electron chi connectivity index (χ4n) is 2.36. The number of carbonyl (C=O) groups is 2. The zero-order chi connectivity index (χ0) is 20.1. The number of amides is 1. The third-order valence-corrected chi connectivity index (χ3v) is 4.90. The molecular formula is C19H20N2O5S. The molecule has 2 aromatic carbocycles. The lowest BCUT2D eigenvalue weighted by Gasteiger charge is -2.12. The summed E-state index contributed by atoms with van der Waals surface area (Å²) in [5, 5.41) is 23.0. The molecule has 27 heavy (non-hydrogen) atoms. The van der Waals surface area contributed by atoms with Crippen LogP contribution in [0.3, 0.4) is 0 Å². The van der Waals surface area contributed by atoms with Crippen LogP contribution in [0.25, 0.3) is 0 Å². The lowest BCUT2D eigenvalue weighted by Crippen LogP contribution is -2.14. The molecule has 0 saturated heterocycles. The lowest BCUT2D eigenvalue weighted by molar-refractivity contribution is -0.384. The number of hydrogen-bond acceptors (Lipinski definition) is 5. The van der Waals surface area contributed by atoms with E-state index in [1.54, 1.807) is 37.3 Å². The van der Waals surface area contributed by atoms with Gasteiger partial charge in [-0.2, -0.15) is 0 Å². The summed E-state index contributed by atoms with van der Waals surface area (Å²) < 4.78 is 0. The predicted octanol–water partition coefficient (Wildman–Crippen LogP) is 4.54. The van der Waals surface area contributed by atoms with Crippen LogP contribution in [0, 0.1) is 10.1 Å². The number of thioether (sulfide) groups is 1. The molecule has 0 bridgehead atoms. The van der Waals surface area contributed by atoms with E-state index in [9.17, 15) is 19.7 Å². The Morgan fingerprint density at radius 2 is 1.74 bits per heavy atom. The van der Waals surface area contributed by atoms with E-state index in [1.807, 2.05) is 13.8 Å². The first-order valence-electron chi connectivity index (χ1n) is 8.28. The number of anilines is 1. The van der Waals surface area contributed by atoms with Gasteiger partial charge in [0.25, 0.3) is 11.6 Å². The molecule has 1 amide bonds. The number of non-ortho nitro benzene ring substituents is 1. The summed E-state index contributed by atoms with van der Waals surface area (Å²) in [7, 11) is 0. The van der Waals surface area contributed by atoms with Gasteiger partial charge in [0, 0.05) is 28.0 Å². The Balaban J connectivity index is 2.27. The molecule has 0 saturated carbocycles. The molecule has 2 N–H and O–H groups in total. The molecule has 0 aliphatic carbocycles. The maximum atomic E-state index is 12.7. The molecule has 0 fully saturated rings. The Kier molecular flexibility index (Phi) is 6.57. The molecule has 1 unspecified atom stereocenters. The smallest absolute Gasteiger partial charge is 0.310 e. The number of aliphatic carboxylic acids is 1. The van der Waals surface area contributed by atoms with Crippen molar-refractivity contribution in [3.63, 3.8) is 0 Å². The Labute approximate surface area is 160 Å². The van der Waals surface area contributed by atoms with Crippen LogP contribution in [0.5, 0.6) is 0 Å². The van der Waals surface area contributed by atoms with Gasteiger partial charge in [-0.1, -0.05) is 26.0 Å². The number of nitrogens with zero attached hydrogens (tertiary/aromatic N) is 1. The van der Waals surface area contributed by atoms with Gasteiger partial charge < -0.3 is 10.4 Å². The fourth-order valence-corrected chi connectivity index (χ4v) is 3.29. The average molecular weight is 388 g/mol. The fraction of sp³-hybridized carbons (Fsp3) is 0.263. The number of nitrogens with one attached hydrogen (secondary N) is 1. The molecule has 0 aliphatic heterocycles. The van der Waals surface area contributed by atoms with Crippen LogP contribution in [0.1, 0.15) is 42.6 Å². The van der Waals surface area contributed by atoms with Crippen molar-refractivity contribution in [2.45, 2.75) is 36.8 Å². The quantitative estimate of drug-likeness (QED) is 0.409. The summed E-state index contributed by atoms with van der Waals surface area (Å²) in [6.45, 7) is 5.51. The summed E-state index contributed by atoms with van der Waals surface area (Å²) in [5.74, 6) is -2.04. The topological polar surface area (TPSA) is 110 Å². The van der Waals surface area contributed by atoms with Gasteiger partial charge in [0.15, 0.2) is 0 Å². The monoisotopic (exact) mass is 388 g/mol. The van der Waals surface area contributed by atoms with E-state index in [2.05, 4.69) is 5.32 Å². The third kappa shape index (κ3) is 5.30. The van der Waals surface area contributed by atoms with E-state index in [1.165, 1.54) is 23.9 Å². The van der Waals surface area contributed by atoms with E-state index in [0.717, 1.165) is 0 Å².